The van der Waals surface area contributed by atoms with E-state index >= 15 is 0 Å². The molecule has 2 aromatic rings. The predicted molar refractivity (Wildman–Crippen MR) is 68.0 cm³/mol. The van der Waals surface area contributed by atoms with Crippen LogP contribution in [-0.2, 0) is 6.42 Å². The number of halogens is 3. The average Bonchev–Trinajstić information content (AvgIpc) is 2.68. The second-order valence-electron chi connectivity index (χ2n) is 3.43. The van der Waals surface area contributed by atoms with Crippen molar-refractivity contribution >= 4 is 34.5 Å². The Hall–Kier alpha value is -0.570. The van der Waals surface area contributed by atoms with Crippen LogP contribution in [0.25, 0.3) is 0 Å². The van der Waals surface area contributed by atoms with Crippen molar-refractivity contribution < 1.29 is 4.39 Å². The van der Waals surface area contributed by atoms with Crippen LogP contribution in [0.4, 0.5) is 4.39 Å². The highest BCUT2D eigenvalue weighted by Gasteiger charge is 2.13. The summed E-state index contributed by atoms with van der Waals surface area (Å²) < 4.78 is 12.7. The van der Waals surface area contributed by atoms with Gasteiger partial charge >= 0.3 is 0 Å². The van der Waals surface area contributed by atoms with Gasteiger partial charge in [0.05, 0.1) is 10.4 Å². The third-order valence-electron chi connectivity index (χ3n) is 2.26. The summed E-state index contributed by atoms with van der Waals surface area (Å²) in [6.07, 6.45) is 0.655. The number of rotatable bonds is 3. The molecule has 0 amide bonds. The molecule has 1 atom stereocenters. The van der Waals surface area contributed by atoms with Gasteiger partial charge in [-0.2, -0.15) is 0 Å². The average molecular weight is 275 g/mol. The molecule has 0 aliphatic carbocycles. The maximum absolute atomic E-state index is 12.7. The molecule has 0 spiro atoms. The van der Waals surface area contributed by atoms with Gasteiger partial charge in [0.1, 0.15) is 5.82 Å². The Morgan fingerprint density at radius 2 is 1.88 bits per heavy atom. The van der Waals surface area contributed by atoms with Crippen LogP contribution in [0.3, 0.4) is 0 Å². The van der Waals surface area contributed by atoms with Crippen LogP contribution in [-0.4, -0.2) is 0 Å². The zero-order valence-electron chi connectivity index (χ0n) is 8.29. The number of thiophene rings is 1. The minimum Gasteiger partial charge on any atom is -0.207 e. The topological polar surface area (TPSA) is 0 Å². The van der Waals surface area contributed by atoms with E-state index in [4.69, 9.17) is 23.2 Å². The van der Waals surface area contributed by atoms with Crippen LogP contribution >= 0.6 is 34.5 Å². The van der Waals surface area contributed by atoms with Crippen molar-refractivity contribution in [3.05, 3.63) is 57.0 Å². The van der Waals surface area contributed by atoms with Crippen molar-refractivity contribution in [1.82, 2.24) is 0 Å². The highest BCUT2D eigenvalue weighted by Crippen LogP contribution is 2.34. The molecule has 16 heavy (non-hydrogen) atoms. The first-order valence-electron chi connectivity index (χ1n) is 4.78. The molecule has 0 N–H and O–H groups in total. The highest BCUT2D eigenvalue weighted by atomic mass is 35.5. The lowest BCUT2D eigenvalue weighted by Crippen LogP contribution is -1.94. The Labute approximate surface area is 108 Å². The first-order valence-corrected chi connectivity index (χ1v) is 6.47. The van der Waals surface area contributed by atoms with Crippen LogP contribution in [0.15, 0.2) is 35.7 Å². The quantitative estimate of drug-likeness (QED) is 0.686. The van der Waals surface area contributed by atoms with E-state index in [0.29, 0.717) is 11.4 Å². The van der Waals surface area contributed by atoms with Gasteiger partial charge in [0.2, 0.25) is 0 Å². The first kappa shape index (κ1) is 11.9. The summed E-state index contributed by atoms with van der Waals surface area (Å²) in [5.74, 6) is -0.232. The van der Waals surface area contributed by atoms with E-state index in [0.717, 1.165) is 10.4 Å². The van der Waals surface area contributed by atoms with E-state index in [2.05, 4.69) is 0 Å². The summed E-state index contributed by atoms with van der Waals surface area (Å²) in [7, 11) is 0. The Bertz CT molecular complexity index is 464. The Kier molecular flexibility index (Phi) is 3.85. The van der Waals surface area contributed by atoms with E-state index in [1.807, 2.05) is 11.4 Å². The van der Waals surface area contributed by atoms with Crippen LogP contribution in [0, 0.1) is 5.82 Å². The maximum atomic E-state index is 12.7. The number of alkyl halides is 1. The van der Waals surface area contributed by atoms with Gasteiger partial charge in [-0.05, 0) is 35.6 Å². The second-order valence-corrected chi connectivity index (χ2v) is 5.31. The molecule has 4 heteroatoms. The van der Waals surface area contributed by atoms with E-state index < -0.39 is 0 Å². The summed E-state index contributed by atoms with van der Waals surface area (Å²) >= 11 is 13.8. The lowest BCUT2D eigenvalue weighted by molar-refractivity contribution is 0.627. The Morgan fingerprint density at radius 1 is 1.19 bits per heavy atom. The third-order valence-corrected chi connectivity index (χ3v) is 4.23. The molecular weight excluding hydrogens is 266 g/mol. The highest BCUT2D eigenvalue weighted by molar-refractivity contribution is 7.11. The summed E-state index contributed by atoms with van der Waals surface area (Å²) in [5.41, 5.74) is 1.01. The molecule has 0 nitrogen and oxygen atoms in total. The molecule has 0 saturated heterocycles. The molecule has 0 saturated carbocycles. The van der Waals surface area contributed by atoms with Crippen LogP contribution in [0.5, 0.6) is 0 Å². The second kappa shape index (κ2) is 5.17. The molecule has 1 aromatic carbocycles. The zero-order valence-corrected chi connectivity index (χ0v) is 10.6. The van der Waals surface area contributed by atoms with Gasteiger partial charge in [-0.15, -0.1) is 22.9 Å². The fraction of sp³-hybridized carbons (Fsp3) is 0.167. The summed E-state index contributed by atoms with van der Waals surface area (Å²) in [6, 6.07) is 8.20. The van der Waals surface area contributed by atoms with Gasteiger partial charge in [0, 0.05) is 4.88 Å². The summed E-state index contributed by atoms with van der Waals surface area (Å²) in [5, 5.41) is 2.46. The summed E-state index contributed by atoms with van der Waals surface area (Å²) in [4.78, 5) is 0.965. The molecule has 2 rings (SSSR count). The third kappa shape index (κ3) is 2.76. The predicted octanol–water partition coefficient (Wildman–Crippen LogP) is 5.06. The Balaban J connectivity index is 2.10. The van der Waals surface area contributed by atoms with Gasteiger partial charge < -0.3 is 0 Å². The van der Waals surface area contributed by atoms with Crippen molar-refractivity contribution in [3.63, 3.8) is 0 Å². The van der Waals surface area contributed by atoms with E-state index in [9.17, 15) is 4.39 Å². The summed E-state index contributed by atoms with van der Waals surface area (Å²) in [6.45, 7) is 0. The largest absolute Gasteiger partial charge is 0.207 e. The minimum atomic E-state index is -0.232. The number of hydrogen-bond donors (Lipinski definition) is 0. The van der Waals surface area contributed by atoms with Crippen molar-refractivity contribution in [2.24, 2.45) is 0 Å². The molecule has 0 aliphatic rings. The fourth-order valence-corrected chi connectivity index (χ4v) is 3.12. The lowest BCUT2D eigenvalue weighted by atomic mass is 10.1. The SMILES string of the molecule is Fc1ccc(CC(Cl)c2sccc2Cl)cc1. The molecular formula is C12H9Cl2FS. The lowest BCUT2D eigenvalue weighted by Gasteiger charge is -2.08. The van der Waals surface area contributed by atoms with Crippen molar-refractivity contribution in [2.75, 3.05) is 0 Å². The van der Waals surface area contributed by atoms with Gasteiger partial charge in [-0.25, -0.2) is 4.39 Å². The molecule has 1 aromatic heterocycles. The smallest absolute Gasteiger partial charge is 0.123 e. The first-order chi connectivity index (χ1) is 7.66. The van der Waals surface area contributed by atoms with Crippen molar-refractivity contribution in [3.8, 4) is 0 Å². The minimum absolute atomic E-state index is 0.155. The standard InChI is InChI=1S/C12H9Cl2FS/c13-10-5-6-16-12(10)11(14)7-8-1-3-9(15)4-2-8/h1-6,11H,7H2. The number of hydrogen-bond acceptors (Lipinski definition) is 1. The molecule has 0 radical (unpaired) electrons. The molecule has 1 heterocycles. The van der Waals surface area contributed by atoms with Crippen molar-refractivity contribution in [2.45, 2.75) is 11.8 Å². The monoisotopic (exact) mass is 274 g/mol. The molecule has 1 unspecified atom stereocenters. The van der Waals surface area contributed by atoms with Crippen molar-refractivity contribution in [1.29, 1.82) is 0 Å². The van der Waals surface area contributed by atoms with Gasteiger partial charge in [-0.1, -0.05) is 23.7 Å². The van der Waals surface area contributed by atoms with Gasteiger partial charge in [0.15, 0.2) is 0 Å². The van der Waals surface area contributed by atoms with Crippen LogP contribution in [0.2, 0.25) is 5.02 Å². The molecule has 0 fully saturated rings. The van der Waals surface area contributed by atoms with E-state index in [1.54, 1.807) is 23.5 Å². The zero-order chi connectivity index (χ0) is 11.5. The van der Waals surface area contributed by atoms with Crippen LogP contribution < -0.4 is 0 Å². The fourth-order valence-electron chi connectivity index (χ4n) is 1.45. The Morgan fingerprint density at radius 3 is 2.44 bits per heavy atom. The molecule has 0 bridgehead atoms. The van der Waals surface area contributed by atoms with Gasteiger partial charge in [-0.3, -0.25) is 0 Å². The molecule has 84 valence electrons. The van der Waals surface area contributed by atoms with E-state index in [1.165, 1.54) is 12.1 Å². The normalized spacial score (nSPS) is 12.7. The van der Waals surface area contributed by atoms with Crippen LogP contribution in [0.1, 0.15) is 15.8 Å². The maximum Gasteiger partial charge on any atom is 0.123 e. The van der Waals surface area contributed by atoms with E-state index in [-0.39, 0.29) is 11.2 Å². The number of benzene rings is 1. The van der Waals surface area contributed by atoms with Gasteiger partial charge in [0.25, 0.3) is 0 Å². The molecule has 0 aliphatic heterocycles.